The van der Waals surface area contributed by atoms with E-state index in [1.807, 2.05) is 18.5 Å². The molecule has 1 aromatic carbocycles. The Balaban J connectivity index is -0.00000163. The SMILES string of the molecule is Cl.Cl.Cl.Cl.Cl.Cl.Cl.Cl.O=[N+]([O-])c1cc(Cn2cc(CN3CCCNCCCNCCC3)nn2)cc(Cn2cc(CN3CCCNCCCNCCC3)nn2)c1. The molecule has 15 nitrogen and oxygen atoms in total. The first-order valence-corrected chi connectivity index (χ1v) is 17.4. The zero-order valence-corrected chi connectivity index (χ0v) is 37.6. The Morgan fingerprint density at radius 1 is 0.509 bits per heavy atom. The fourth-order valence-corrected chi connectivity index (χ4v) is 6.27. The minimum Gasteiger partial charge on any atom is -0.317 e. The van der Waals surface area contributed by atoms with Crippen molar-refractivity contribution in [2.24, 2.45) is 0 Å². The van der Waals surface area contributed by atoms with Crippen molar-refractivity contribution < 1.29 is 4.92 Å². The summed E-state index contributed by atoms with van der Waals surface area (Å²) in [6.07, 6.45) is 10.6. The van der Waals surface area contributed by atoms with Crippen LogP contribution >= 0.6 is 99.3 Å². The van der Waals surface area contributed by atoms with Gasteiger partial charge in [0.2, 0.25) is 0 Å². The van der Waals surface area contributed by atoms with E-state index in [1.165, 1.54) is 0 Å². The molecule has 4 N–H and O–H groups in total. The molecule has 3 aromatic rings. The number of nitro benzene ring substituents is 1. The van der Waals surface area contributed by atoms with Crippen molar-refractivity contribution in [3.63, 3.8) is 0 Å². The lowest BCUT2D eigenvalue weighted by Gasteiger charge is -2.22. The molecule has 0 saturated carbocycles. The molecule has 5 rings (SSSR count). The molecule has 2 fully saturated rings. The van der Waals surface area contributed by atoms with Crippen LogP contribution in [0.3, 0.4) is 0 Å². The van der Waals surface area contributed by atoms with Gasteiger partial charge in [0.25, 0.3) is 5.69 Å². The molecule has 322 valence electrons. The van der Waals surface area contributed by atoms with Crippen LogP contribution in [-0.2, 0) is 26.2 Å². The van der Waals surface area contributed by atoms with E-state index in [2.05, 4.69) is 51.7 Å². The van der Waals surface area contributed by atoms with Crippen molar-refractivity contribution in [1.29, 1.82) is 0 Å². The Hall–Kier alpha value is -1.02. The number of non-ortho nitro benzene ring substituents is 1. The number of halogens is 8. The molecule has 2 saturated heterocycles. The highest BCUT2D eigenvalue weighted by Crippen LogP contribution is 2.19. The lowest BCUT2D eigenvalue weighted by atomic mass is 10.1. The highest BCUT2D eigenvalue weighted by atomic mass is 35.5. The fraction of sp³-hybridized carbons (Fsp3) is 0.688. The topological polar surface area (TPSA) is 159 Å². The molecule has 0 radical (unpaired) electrons. The van der Waals surface area contributed by atoms with Gasteiger partial charge in [0, 0.05) is 25.2 Å². The average molecular weight is 944 g/mol. The molecular formula is C32H61Cl8N13O2. The maximum atomic E-state index is 11.8. The molecule has 0 bridgehead atoms. The second-order valence-corrected chi connectivity index (χ2v) is 12.8. The first kappa shape index (κ1) is 60.7. The standard InChI is InChI=1S/C32H53N13O2.8ClH/c46-45(47)32-20-28(22-43-26-30(37-39-43)24-41-15-3-11-33-7-1-8-34-12-4-16-41)19-29(21-32)23-44-27-31(38-40-44)25-42-17-5-13-35-9-2-10-36-14-6-18-42;;;;;;;;/h19-21,26-27,33-36H,1-18,22-25H2;8*1H. The molecule has 4 heterocycles. The largest absolute Gasteiger partial charge is 0.317 e. The number of nitro groups is 1. The van der Waals surface area contributed by atoms with Gasteiger partial charge in [0.05, 0.1) is 41.8 Å². The first-order chi connectivity index (χ1) is 23.1. The smallest absolute Gasteiger partial charge is 0.270 e. The van der Waals surface area contributed by atoms with E-state index >= 15 is 0 Å². The summed E-state index contributed by atoms with van der Waals surface area (Å²) in [6, 6.07) is 5.23. The van der Waals surface area contributed by atoms with Crippen molar-refractivity contribution >= 4 is 105 Å². The summed E-state index contributed by atoms with van der Waals surface area (Å²) >= 11 is 0. The molecule has 0 unspecified atom stereocenters. The van der Waals surface area contributed by atoms with Crippen LogP contribution in [0.1, 0.15) is 61.0 Å². The molecule has 0 spiro atoms. The zero-order chi connectivity index (χ0) is 32.5. The van der Waals surface area contributed by atoms with Crippen molar-refractivity contribution in [2.75, 3.05) is 78.5 Å². The van der Waals surface area contributed by atoms with Gasteiger partial charge in [-0.1, -0.05) is 16.5 Å². The van der Waals surface area contributed by atoms with Gasteiger partial charge < -0.3 is 21.3 Å². The lowest BCUT2D eigenvalue weighted by molar-refractivity contribution is -0.385. The molecule has 0 amide bonds. The summed E-state index contributed by atoms with van der Waals surface area (Å²) in [5, 5.41) is 43.5. The van der Waals surface area contributed by atoms with Gasteiger partial charge in [-0.15, -0.1) is 109 Å². The predicted octanol–water partition coefficient (Wildman–Crippen LogP) is 4.58. The third-order valence-electron chi connectivity index (χ3n) is 8.61. The van der Waals surface area contributed by atoms with Crippen LogP contribution in [-0.4, -0.2) is 123 Å². The Morgan fingerprint density at radius 3 is 1.16 bits per heavy atom. The molecular weight excluding hydrogens is 882 g/mol. The van der Waals surface area contributed by atoms with E-state index in [-0.39, 0.29) is 110 Å². The maximum absolute atomic E-state index is 11.8. The Bertz CT molecular complexity index is 1260. The molecule has 2 aromatic heterocycles. The van der Waals surface area contributed by atoms with Gasteiger partial charge in [-0.25, -0.2) is 9.36 Å². The Labute approximate surface area is 375 Å². The van der Waals surface area contributed by atoms with Gasteiger partial charge in [0.1, 0.15) is 0 Å². The molecule has 23 heteroatoms. The van der Waals surface area contributed by atoms with Crippen LogP contribution in [0.25, 0.3) is 0 Å². The second-order valence-electron chi connectivity index (χ2n) is 12.8. The second kappa shape index (κ2) is 35.0. The van der Waals surface area contributed by atoms with Gasteiger partial charge in [0.15, 0.2) is 0 Å². The Morgan fingerprint density at radius 2 is 0.836 bits per heavy atom. The summed E-state index contributed by atoms with van der Waals surface area (Å²) in [5.41, 5.74) is 3.47. The van der Waals surface area contributed by atoms with Crippen LogP contribution in [0.4, 0.5) is 5.69 Å². The number of hydrogen-bond acceptors (Lipinski definition) is 12. The maximum Gasteiger partial charge on any atom is 0.270 e. The summed E-state index contributed by atoms with van der Waals surface area (Å²) in [6.45, 7) is 14.6. The summed E-state index contributed by atoms with van der Waals surface area (Å²) in [5.74, 6) is 0. The number of rotatable bonds is 9. The minimum absolute atomic E-state index is 0. The normalized spacial score (nSPS) is 16.4. The number of hydrogen-bond donors (Lipinski definition) is 4. The van der Waals surface area contributed by atoms with E-state index in [9.17, 15) is 10.1 Å². The van der Waals surface area contributed by atoms with Crippen molar-refractivity contribution in [3.05, 3.63) is 63.2 Å². The van der Waals surface area contributed by atoms with E-state index < -0.39 is 0 Å². The van der Waals surface area contributed by atoms with E-state index in [4.69, 9.17) is 0 Å². The van der Waals surface area contributed by atoms with Gasteiger partial charge in [-0.3, -0.25) is 19.9 Å². The number of benzene rings is 1. The molecule has 55 heavy (non-hydrogen) atoms. The molecule has 0 aliphatic carbocycles. The summed E-state index contributed by atoms with van der Waals surface area (Å²) in [4.78, 5) is 16.4. The zero-order valence-electron chi connectivity index (χ0n) is 31.1. The van der Waals surface area contributed by atoms with E-state index in [0.717, 1.165) is 153 Å². The number of nitrogens with one attached hydrogen (secondary N) is 4. The van der Waals surface area contributed by atoms with Crippen molar-refractivity contribution in [2.45, 2.75) is 64.7 Å². The minimum atomic E-state index is -0.339. The first-order valence-electron chi connectivity index (χ1n) is 17.4. The van der Waals surface area contributed by atoms with Crippen molar-refractivity contribution in [3.8, 4) is 0 Å². The van der Waals surface area contributed by atoms with Crippen LogP contribution in [0.15, 0.2) is 30.6 Å². The van der Waals surface area contributed by atoms with Gasteiger partial charge >= 0.3 is 0 Å². The van der Waals surface area contributed by atoms with Crippen LogP contribution in [0.5, 0.6) is 0 Å². The van der Waals surface area contributed by atoms with Crippen molar-refractivity contribution in [1.82, 2.24) is 61.1 Å². The Kier molecular flexibility index (Phi) is 38.6. The monoisotopic (exact) mass is 939 g/mol. The average Bonchev–Trinajstić information content (AvgIpc) is 3.68. The number of nitrogens with zero attached hydrogens (tertiary/aromatic N) is 9. The fourth-order valence-electron chi connectivity index (χ4n) is 6.27. The quantitative estimate of drug-likeness (QED) is 0.175. The third kappa shape index (κ3) is 23.2. The number of aromatic nitrogens is 6. The third-order valence-corrected chi connectivity index (χ3v) is 8.61. The van der Waals surface area contributed by atoms with Crippen LogP contribution < -0.4 is 21.3 Å². The van der Waals surface area contributed by atoms with Gasteiger partial charge in [-0.05, 0) is 128 Å². The lowest BCUT2D eigenvalue weighted by Crippen LogP contribution is -2.32. The highest BCUT2D eigenvalue weighted by molar-refractivity contribution is 5.86. The van der Waals surface area contributed by atoms with Gasteiger partial charge in [-0.2, -0.15) is 0 Å². The molecule has 2 aliphatic heterocycles. The highest BCUT2D eigenvalue weighted by Gasteiger charge is 2.15. The van der Waals surface area contributed by atoms with E-state index in [1.54, 1.807) is 21.5 Å². The van der Waals surface area contributed by atoms with Crippen LogP contribution in [0, 0.1) is 10.1 Å². The molecule has 0 atom stereocenters. The van der Waals surface area contributed by atoms with E-state index in [0.29, 0.717) is 13.1 Å². The molecule has 2 aliphatic rings. The van der Waals surface area contributed by atoms with Crippen LogP contribution in [0.2, 0.25) is 0 Å². The summed E-state index contributed by atoms with van der Waals surface area (Å²) < 4.78 is 3.54. The summed E-state index contributed by atoms with van der Waals surface area (Å²) in [7, 11) is 0. The predicted molar refractivity (Wildman–Crippen MR) is 239 cm³/mol.